The number of Topliss-reactive ketones (excluding diaryl/α,β-unsaturated/α-hetero) is 1. The van der Waals surface area contributed by atoms with E-state index in [0.717, 1.165) is 6.42 Å². The van der Waals surface area contributed by atoms with Crippen LogP contribution in [0.4, 0.5) is 11.4 Å². The van der Waals surface area contributed by atoms with Crippen molar-refractivity contribution in [2.45, 2.75) is 58.5 Å². The lowest BCUT2D eigenvalue weighted by Crippen LogP contribution is -2.32. The van der Waals surface area contributed by atoms with E-state index in [1.54, 1.807) is 36.4 Å². The van der Waals surface area contributed by atoms with Gasteiger partial charge in [-0.15, -0.1) is 0 Å². The largest absolute Gasteiger partial charge is 0.481 e. The van der Waals surface area contributed by atoms with E-state index in [1.165, 1.54) is 11.6 Å². The Morgan fingerprint density at radius 3 is 2.16 bits per heavy atom. The Morgan fingerprint density at radius 1 is 0.895 bits per heavy atom. The molecule has 0 aliphatic carbocycles. The van der Waals surface area contributed by atoms with Gasteiger partial charge in [-0.2, -0.15) is 0 Å². The van der Waals surface area contributed by atoms with Crippen LogP contribution in [0.25, 0.3) is 0 Å². The summed E-state index contributed by atoms with van der Waals surface area (Å²) in [6, 6.07) is 18.9. The third-order valence-corrected chi connectivity index (χ3v) is 7.02. The van der Waals surface area contributed by atoms with Gasteiger partial charge in [-0.3, -0.25) is 14.4 Å². The zero-order chi connectivity index (χ0) is 27.9. The van der Waals surface area contributed by atoms with Gasteiger partial charge in [0.25, 0.3) is 5.91 Å². The summed E-state index contributed by atoms with van der Waals surface area (Å²) in [6.45, 7) is 8.41. The maximum absolute atomic E-state index is 12.8. The van der Waals surface area contributed by atoms with Crippen LogP contribution in [0, 0.1) is 0 Å². The molecule has 200 valence electrons. The molecule has 0 aromatic heterocycles. The molecule has 0 bridgehead atoms. The number of benzene rings is 3. The minimum absolute atomic E-state index is 0.0708. The van der Waals surface area contributed by atoms with Gasteiger partial charge in [0.05, 0.1) is 17.1 Å². The number of hydrogen-bond donors (Lipinski definition) is 2. The Balaban J connectivity index is 1.56. The van der Waals surface area contributed by atoms with E-state index in [-0.39, 0.29) is 23.5 Å². The molecule has 38 heavy (non-hydrogen) atoms. The third-order valence-electron chi connectivity index (χ3n) is 6.46. The Morgan fingerprint density at radius 2 is 1.55 bits per heavy atom. The highest BCUT2D eigenvalue weighted by atomic mass is 35.5. The number of ether oxygens (including phenoxy) is 1. The molecule has 0 saturated heterocycles. The molecule has 3 rings (SSSR count). The molecular weight excluding hydrogens is 523 g/mol. The van der Waals surface area contributed by atoms with Crippen LogP contribution in [0.1, 0.15) is 62.9 Å². The molecule has 3 aromatic carbocycles. The Hall–Kier alpha value is -3.35. The summed E-state index contributed by atoms with van der Waals surface area (Å²) >= 11 is 12.0. The van der Waals surface area contributed by atoms with Crippen LogP contribution in [-0.4, -0.2) is 23.7 Å². The fourth-order valence-corrected chi connectivity index (χ4v) is 4.01. The first kappa shape index (κ1) is 29.2. The van der Waals surface area contributed by atoms with Gasteiger partial charge in [0.15, 0.2) is 11.9 Å². The number of rotatable bonds is 11. The third kappa shape index (κ3) is 7.83. The minimum Gasteiger partial charge on any atom is -0.481 e. The summed E-state index contributed by atoms with van der Waals surface area (Å²) in [6.07, 6.45) is 0.455. The maximum Gasteiger partial charge on any atom is 0.265 e. The lowest BCUT2D eigenvalue weighted by molar-refractivity contribution is -0.122. The van der Waals surface area contributed by atoms with Crippen molar-refractivity contribution in [2.75, 3.05) is 10.6 Å². The van der Waals surface area contributed by atoms with Crippen LogP contribution in [0.2, 0.25) is 10.0 Å². The first-order valence-corrected chi connectivity index (χ1v) is 13.2. The summed E-state index contributed by atoms with van der Waals surface area (Å²) in [5.74, 6) is -0.544. The van der Waals surface area contributed by atoms with Crippen molar-refractivity contribution in [3.8, 4) is 5.75 Å². The zero-order valence-corrected chi connectivity index (χ0v) is 23.5. The molecule has 3 aromatic rings. The van der Waals surface area contributed by atoms with E-state index in [9.17, 15) is 14.4 Å². The standard InChI is InChI=1S/C30H32Cl2N2O4/c1-5-27(38-23-14-9-20(10-15-23)30(3,4)6-2)29(37)33-22-12-7-19(8-13-22)26(35)18-28(36)34-25-17-21(31)11-16-24(25)32/h7-17,27H,5-6,18H2,1-4H3,(H,33,37)(H,34,36)/t27-/m0/s1. The van der Waals surface area contributed by atoms with Gasteiger partial charge in [0.2, 0.25) is 5.91 Å². The summed E-state index contributed by atoms with van der Waals surface area (Å²) in [4.78, 5) is 37.7. The van der Waals surface area contributed by atoms with Crippen molar-refractivity contribution in [1.29, 1.82) is 0 Å². The molecule has 0 heterocycles. The van der Waals surface area contributed by atoms with Crippen molar-refractivity contribution in [1.82, 2.24) is 0 Å². The van der Waals surface area contributed by atoms with Gasteiger partial charge in [0, 0.05) is 16.3 Å². The molecule has 2 amide bonds. The van der Waals surface area contributed by atoms with E-state index in [1.807, 2.05) is 31.2 Å². The minimum atomic E-state index is -0.677. The number of anilines is 2. The number of amides is 2. The van der Waals surface area contributed by atoms with E-state index < -0.39 is 12.0 Å². The SMILES string of the molecule is CC[C@H](Oc1ccc(C(C)(C)CC)cc1)C(=O)Nc1ccc(C(=O)CC(=O)Nc2cc(Cl)ccc2Cl)cc1. The van der Waals surface area contributed by atoms with Crippen LogP contribution >= 0.6 is 23.2 Å². The molecule has 0 unspecified atom stereocenters. The molecule has 0 spiro atoms. The van der Waals surface area contributed by atoms with Crippen molar-refractivity contribution in [3.05, 3.63) is 87.9 Å². The van der Waals surface area contributed by atoms with E-state index in [0.29, 0.717) is 39.2 Å². The average Bonchev–Trinajstić information content (AvgIpc) is 2.89. The monoisotopic (exact) mass is 554 g/mol. The zero-order valence-electron chi connectivity index (χ0n) is 21.9. The second-order valence-electron chi connectivity index (χ2n) is 9.62. The predicted molar refractivity (Wildman–Crippen MR) is 154 cm³/mol. The Kier molecular flexibility index (Phi) is 9.95. The first-order chi connectivity index (χ1) is 18.0. The Labute approximate surface area is 233 Å². The molecule has 0 aliphatic heterocycles. The number of carbonyl (C=O) groups excluding carboxylic acids is 3. The van der Waals surface area contributed by atoms with Gasteiger partial charge < -0.3 is 15.4 Å². The molecule has 0 aliphatic rings. The fraction of sp³-hybridized carbons (Fsp3) is 0.300. The van der Waals surface area contributed by atoms with Gasteiger partial charge in [0.1, 0.15) is 5.75 Å². The smallest absolute Gasteiger partial charge is 0.265 e. The normalized spacial score (nSPS) is 11.9. The van der Waals surface area contributed by atoms with Crippen LogP contribution in [0.15, 0.2) is 66.7 Å². The van der Waals surface area contributed by atoms with Crippen LogP contribution in [0.5, 0.6) is 5.75 Å². The number of halogens is 2. The summed E-state index contributed by atoms with van der Waals surface area (Å²) < 4.78 is 5.94. The van der Waals surface area contributed by atoms with Crippen LogP contribution in [0.3, 0.4) is 0 Å². The molecule has 0 saturated carbocycles. The predicted octanol–water partition coefficient (Wildman–Crippen LogP) is 7.69. The molecule has 0 radical (unpaired) electrons. The van der Waals surface area contributed by atoms with Crippen molar-refractivity contribution in [3.63, 3.8) is 0 Å². The topological polar surface area (TPSA) is 84.5 Å². The second-order valence-corrected chi connectivity index (χ2v) is 10.5. The first-order valence-electron chi connectivity index (χ1n) is 12.5. The second kappa shape index (κ2) is 12.9. The highest BCUT2D eigenvalue weighted by molar-refractivity contribution is 6.35. The fourth-order valence-electron chi connectivity index (χ4n) is 3.67. The molecule has 0 fully saturated rings. The van der Waals surface area contributed by atoms with E-state index in [2.05, 4.69) is 31.4 Å². The number of ketones is 1. The lowest BCUT2D eigenvalue weighted by Gasteiger charge is -2.24. The van der Waals surface area contributed by atoms with Crippen molar-refractivity contribution < 1.29 is 19.1 Å². The van der Waals surface area contributed by atoms with Crippen molar-refractivity contribution in [2.24, 2.45) is 0 Å². The molecule has 6 nitrogen and oxygen atoms in total. The number of hydrogen-bond acceptors (Lipinski definition) is 4. The summed E-state index contributed by atoms with van der Waals surface area (Å²) in [5, 5.41) is 6.16. The van der Waals surface area contributed by atoms with Crippen LogP contribution in [-0.2, 0) is 15.0 Å². The number of carbonyl (C=O) groups is 3. The Bertz CT molecular complexity index is 1290. The van der Waals surface area contributed by atoms with Crippen molar-refractivity contribution >= 4 is 52.2 Å². The lowest BCUT2D eigenvalue weighted by atomic mass is 9.82. The molecule has 2 N–H and O–H groups in total. The number of nitrogens with one attached hydrogen (secondary N) is 2. The van der Waals surface area contributed by atoms with Gasteiger partial charge in [-0.05, 0) is 78.4 Å². The van der Waals surface area contributed by atoms with Gasteiger partial charge in [-0.25, -0.2) is 0 Å². The van der Waals surface area contributed by atoms with E-state index >= 15 is 0 Å². The van der Waals surface area contributed by atoms with Gasteiger partial charge in [-0.1, -0.05) is 63.0 Å². The molecule has 1 atom stereocenters. The molecular formula is C30H32Cl2N2O4. The highest BCUT2D eigenvalue weighted by Gasteiger charge is 2.21. The van der Waals surface area contributed by atoms with E-state index in [4.69, 9.17) is 27.9 Å². The summed E-state index contributed by atoms with van der Waals surface area (Å²) in [5.41, 5.74) is 2.48. The van der Waals surface area contributed by atoms with Crippen LogP contribution < -0.4 is 15.4 Å². The maximum atomic E-state index is 12.8. The quantitative estimate of drug-likeness (QED) is 0.188. The average molecular weight is 556 g/mol. The summed E-state index contributed by atoms with van der Waals surface area (Å²) in [7, 11) is 0. The highest BCUT2D eigenvalue weighted by Crippen LogP contribution is 2.29. The molecule has 8 heteroatoms. The van der Waals surface area contributed by atoms with Gasteiger partial charge >= 0.3 is 0 Å².